The molecule has 1 N–H and O–H groups in total. The van der Waals surface area contributed by atoms with Crippen molar-refractivity contribution in [2.75, 3.05) is 11.1 Å². The average molecular weight is 252 g/mol. The number of benzene rings is 1. The summed E-state index contributed by atoms with van der Waals surface area (Å²) in [5.74, 6) is 1.29. The molecule has 1 aliphatic rings. The summed E-state index contributed by atoms with van der Waals surface area (Å²) >= 11 is 1.66. The number of hydrogen-bond donors (Lipinski definition) is 1. The summed E-state index contributed by atoms with van der Waals surface area (Å²) in [6.07, 6.45) is 0. The first-order valence-corrected chi connectivity index (χ1v) is 6.78. The van der Waals surface area contributed by atoms with Crippen molar-refractivity contribution in [2.24, 2.45) is 10.9 Å². The third-order valence-electron chi connectivity index (χ3n) is 2.81. The highest BCUT2D eigenvalue weighted by molar-refractivity contribution is 8.14. The third-order valence-corrected chi connectivity index (χ3v) is 3.80. The van der Waals surface area contributed by atoms with Crippen LogP contribution < -0.4 is 5.32 Å². The molecule has 2 rings (SSSR count). The second-order valence-electron chi connectivity index (χ2n) is 4.66. The summed E-state index contributed by atoms with van der Waals surface area (Å²) in [6, 6.07) is 5.53. The van der Waals surface area contributed by atoms with Crippen molar-refractivity contribution in [3.05, 3.63) is 29.6 Å². The molecule has 0 saturated heterocycles. The van der Waals surface area contributed by atoms with Gasteiger partial charge in [0.25, 0.3) is 0 Å². The van der Waals surface area contributed by atoms with E-state index in [0.29, 0.717) is 17.6 Å². The van der Waals surface area contributed by atoms with Crippen LogP contribution in [0.2, 0.25) is 0 Å². The van der Waals surface area contributed by atoms with E-state index in [0.717, 1.165) is 16.5 Å². The number of nitrogens with zero attached hydrogens (tertiary/aromatic N) is 1. The molecular formula is C13H17FN2S. The number of thioether (sulfide) groups is 1. The van der Waals surface area contributed by atoms with Crippen molar-refractivity contribution in [2.45, 2.75) is 26.8 Å². The van der Waals surface area contributed by atoms with Gasteiger partial charge in [-0.15, -0.1) is 0 Å². The molecule has 1 aromatic carbocycles. The van der Waals surface area contributed by atoms with Crippen molar-refractivity contribution >= 4 is 22.6 Å². The first-order valence-electron chi connectivity index (χ1n) is 5.80. The van der Waals surface area contributed by atoms with Gasteiger partial charge >= 0.3 is 0 Å². The normalized spacial score (nSPS) is 19.6. The van der Waals surface area contributed by atoms with E-state index in [-0.39, 0.29) is 5.82 Å². The molecule has 1 aliphatic heterocycles. The molecule has 0 aromatic heterocycles. The molecule has 0 aliphatic carbocycles. The minimum Gasteiger partial charge on any atom is -0.333 e. The maximum absolute atomic E-state index is 13.6. The van der Waals surface area contributed by atoms with E-state index in [4.69, 9.17) is 0 Å². The van der Waals surface area contributed by atoms with Crippen LogP contribution in [0.15, 0.2) is 23.2 Å². The Morgan fingerprint density at radius 3 is 2.82 bits per heavy atom. The fraction of sp³-hybridized carbons (Fsp3) is 0.462. The van der Waals surface area contributed by atoms with E-state index in [1.54, 1.807) is 17.8 Å². The molecule has 17 heavy (non-hydrogen) atoms. The minimum absolute atomic E-state index is 0.221. The van der Waals surface area contributed by atoms with Crippen LogP contribution in [0.3, 0.4) is 0 Å². The topological polar surface area (TPSA) is 24.4 Å². The number of aryl methyl sites for hydroxylation is 1. The Morgan fingerprint density at radius 1 is 1.47 bits per heavy atom. The predicted octanol–water partition coefficient (Wildman–Crippen LogP) is 3.67. The number of aliphatic imine (C=N–C) groups is 1. The summed E-state index contributed by atoms with van der Waals surface area (Å²) in [5, 5.41) is 3.88. The van der Waals surface area contributed by atoms with Gasteiger partial charge in [0.05, 0.1) is 11.7 Å². The Balaban J connectivity index is 2.09. The summed E-state index contributed by atoms with van der Waals surface area (Å²) in [6.45, 7) is 6.19. The fourth-order valence-corrected chi connectivity index (χ4v) is 2.82. The van der Waals surface area contributed by atoms with Gasteiger partial charge in [-0.2, -0.15) is 0 Å². The molecular weight excluding hydrogens is 235 g/mol. The van der Waals surface area contributed by atoms with Gasteiger partial charge < -0.3 is 5.32 Å². The first-order chi connectivity index (χ1) is 8.06. The highest BCUT2D eigenvalue weighted by Gasteiger charge is 2.21. The quantitative estimate of drug-likeness (QED) is 0.868. The lowest BCUT2D eigenvalue weighted by molar-refractivity contribution is 0.543. The second kappa shape index (κ2) is 5.08. The van der Waals surface area contributed by atoms with Crippen LogP contribution in [0, 0.1) is 18.7 Å². The number of halogens is 1. The van der Waals surface area contributed by atoms with E-state index in [1.807, 2.05) is 13.0 Å². The lowest BCUT2D eigenvalue weighted by Crippen LogP contribution is -2.12. The van der Waals surface area contributed by atoms with E-state index in [2.05, 4.69) is 24.2 Å². The molecule has 0 bridgehead atoms. The summed E-state index contributed by atoms with van der Waals surface area (Å²) < 4.78 is 13.6. The zero-order valence-corrected chi connectivity index (χ0v) is 11.1. The van der Waals surface area contributed by atoms with Crippen molar-refractivity contribution in [1.29, 1.82) is 0 Å². The van der Waals surface area contributed by atoms with Crippen molar-refractivity contribution in [1.82, 2.24) is 0 Å². The van der Waals surface area contributed by atoms with Gasteiger partial charge in [-0.25, -0.2) is 4.39 Å². The molecule has 0 spiro atoms. The van der Waals surface area contributed by atoms with Crippen LogP contribution in [0.4, 0.5) is 10.1 Å². The summed E-state index contributed by atoms with van der Waals surface area (Å²) in [4.78, 5) is 4.55. The predicted molar refractivity (Wildman–Crippen MR) is 73.3 cm³/mol. The van der Waals surface area contributed by atoms with E-state index in [9.17, 15) is 4.39 Å². The second-order valence-corrected chi connectivity index (χ2v) is 5.67. The van der Waals surface area contributed by atoms with Crippen molar-refractivity contribution in [3.8, 4) is 0 Å². The average Bonchev–Trinajstić information content (AvgIpc) is 2.71. The van der Waals surface area contributed by atoms with E-state index >= 15 is 0 Å². The van der Waals surface area contributed by atoms with Crippen LogP contribution in [-0.4, -0.2) is 17.0 Å². The smallest absolute Gasteiger partial charge is 0.161 e. The van der Waals surface area contributed by atoms with Gasteiger partial charge in [0.2, 0.25) is 0 Å². The Hall–Kier alpha value is -1.03. The molecule has 0 fully saturated rings. The van der Waals surface area contributed by atoms with Gasteiger partial charge in [0.15, 0.2) is 5.17 Å². The van der Waals surface area contributed by atoms with Crippen LogP contribution in [-0.2, 0) is 0 Å². The fourth-order valence-electron chi connectivity index (χ4n) is 1.64. The van der Waals surface area contributed by atoms with Gasteiger partial charge in [-0.05, 0) is 30.5 Å². The molecule has 4 heteroatoms. The van der Waals surface area contributed by atoms with Gasteiger partial charge in [0.1, 0.15) is 5.82 Å². The lowest BCUT2D eigenvalue weighted by atomic mass is 10.1. The molecule has 1 atom stereocenters. The standard InChI is InChI=1S/C13H17FN2S/c1-8(2)12-7-17-13(16-12)15-11-5-4-9(3)6-10(11)14/h4-6,8,12H,7H2,1-3H3,(H,15,16)/t12-/m1/s1. The zero-order chi connectivity index (χ0) is 12.4. The Morgan fingerprint density at radius 2 is 2.24 bits per heavy atom. The Labute approximate surface area is 106 Å². The van der Waals surface area contributed by atoms with Crippen LogP contribution >= 0.6 is 11.8 Å². The molecule has 0 saturated carbocycles. The third kappa shape index (κ3) is 3.00. The molecule has 0 unspecified atom stereocenters. The van der Waals surface area contributed by atoms with Crippen LogP contribution in [0.5, 0.6) is 0 Å². The van der Waals surface area contributed by atoms with Crippen molar-refractivity contribution < 1.29 is 4.39 Å². The highest BCUT2D eigenvalue weighted by atomic mass is 32.2. The minimum atomic E-state index is -0.221. The number of nitrogens with one attached hydrogen (secondary N) is 1. The largest absolute Gasteiger partial charge is 0.333 e. The molecule has 0 radical (unpaired) electrons. The first kappa shape index (κ1) is 12.4. The van der Waals surface area contributed by atoms with Crippen molar-refractivity contribution in [3.63, 3.8) is 0 Å². The number of rotatable bonds is 2. The number of hydrogen-bond acceptors (Lipinski definition) is 3. The molecule has 2 nitrogen and oxygen atoms in total. The monoisotopic (exact) mass is 252 g/mol. The van der Waals surface area contributed by atoms with Crippen LogP contribution in [0.25, 0.3) is 0 Å². The maximum Gasteiger partial charge on any atom is 0.161 e. The van der Waals surface area contributed by atoms with E-state index in [1.165, 1.54) is 6.07 Å². The number of anilines is 1. The Bertz CT molecular complexity index is 443. The lowest BCUT2D eigenvalue weighted by Gasteiger charge is -2.08. The van der Waals surface area contributed by atoms with Gasteiger partial charge in [-0.1, -0.05) is 31.7 Å². The molecule has 92 valence electrons. The highest BCUT2D eigenvalue weighted by Crippen LogP contribution is 2.25. The summed E-state index contributed by atoms with van der Waals surface area (Å²) in [5.41, 5.74) is 1.43. The zero-order valence-electron chi connectivity index (χ0n) is 10.3. The maximum atomic E-state index is 13.6. The van der Waals surface area contributed by atoms with Crippen LogP contribution in [0.1, 0.15) is 19.4 Å². The molecule has 1 aromatic rings. The molecule has 0 amide bonds. The summed E-state index contributed by atoms with van der Waals surface area (Å²) in [7, 11) is 0. The number of amidine groups is 1. The van der Waals surface area contributed by atoms with E-state index < -0.39 is 0 Å². The Kier molecular flexibility index (Phi) is 3.72. The molecule has 1 heterocycles. The van der Waals surface area contributed by atoms with Gasteiger partial charge in [-0.3, -0.25) is 4.99 Å². The van der Waals surface area contributed by atoms with Gasteiger partial charge in [0, 0.05) is 5.75 Å². The SMILES string of the molecule is Cc1ccc(NC2=N[C@@H](C(C)C)CS2)c(F)c1.